The zero-order chi connectivity index (χ0) is 21.3. The Morgan fingerprint density at radius 1 is 1.20 bits per heavy atom. The van der Waals surface area contributed by atoms with Crippen LogP contribution < -0.4 is 4.74 Å². The molecule has 1 fully saturated rings. The molecule has 0 aromatic heterocycles. The van der Waals surface area contributed by atoms with Gasteiger partial charge in [0.2, 0.25) is 5.91 Å². The number of hydrogen-bond donors (Lipinski definition) is 0. The summed E-state index contributed by atoms with van der Waals surface area (Å²) in [6.07, 6.45) is 2.33. The van der Waals surface area contributed by atoms with E-state index >= 15 is 0 Å². The average Bonchev–Trinajstić information content (AvgIpc) is 3.01. The molecule has 0 bridgehead atoms. The number of benzene rings is 2. The first-order valence-corrected chi connectivity index (χ1v) is 10.6. The minimum Gasteiger partial charge on any atom is -0.496 e. The number of thioether (sulfide) groups is 1. The molecule has 0 saturated carbocycles. The number of nitrogens with zero attached hydrogens (tertiary/aromatic N) is 2. The van der Waals surface area contributed by atoms with Crippen LogP contribution in [0.15, 0.2) is 47.4 Å². The van der Waals surface area contributed by atoms with E-state index in [0.717, 1.165) is 28.6 Å². The van der Waals surface area contributed by atoms with Crippen LogP contribution in [0.4, 0.5) is 4.79 Å². The van der Waals surface area contributed by atoms with Gasteiger partial charge in [-0.25, -0.2) is 0 Å². The maximum absolute atomic E-state index is 12.8. The SMILES string of the molecule is COc1ccc(Cl)cc1C=C1SC(=O)N(CC(=O)N2CCc3ccccc3C2)C1=O. The van der Waals surface area contributed by atoms with Gasteiger partial charge < -0.3 is 9.64 Å². The molecule has 0 atom stereocenters. The van der Waals surface area contributed by atoms with E-state index in [1.165, 1.54) is 12.7 Å². The molecule has 30 heavy (non-hydrogen) atoms. The van der Waals surface area contributed by atoms with Gasteiger partial charge in [-0.05, 0) is 53.6 Å². The van der Waals surface area contributed by atoms with E-state index in [1.54, 1.807) is 29.2 Å². The van der Waals surface area contributed by atoms with Crippen molar-refractivity contribution in [3.05, 3.63) is 69.1 Å². The summed E-state index contributed by atoms with van der Waals surface area (Å²) < 4.78 is 5.29. The average molecular weight is 443 g/mol. The zero-order valence-corrected chi connectivity index (χ0v) is 17.8. The van der Waals surface area contributed by atoms with Gasteiger partial charge in [-0.1, -0.05) is 35.9 Å². The van der Waals surface area contributed by atoms with Gasteiger partial charge in [0.1, 0.15) is 12.3 Å². The number of halogens is 1. The molecule has 4 rings (SSSR count). The molecule has 2 heterocycles. The minimum atomic E-state index is -0.488. The van der Waals surface area contributed by atoms with Crippen LogP contribution in [0, 0.1) is 0 Å². The molecule has 1 saturated heterocycles. The summed E-state index contributed by atoms with van der Waals surface area (Å²) >= 11 is 6.85. The van der Waals surface area contributed by atoms with Gasteiger partial charge in [-0.3, -0.25) is 19.3 Å². The molecule has 2 aliphatic heterocycles. The predicted molar refractivity (Wildman–Crippen MR) is 116 cm³/mol. The van der Waals surface area contributed by atoms with Crippen LogP contribution in [0.25, 0.3) is 6.08 Å². The number of imide groups is 1. The smallest absolute Gasteiger partial charge is 0.294 e. The Morgan fingerprint density at radius 2 is 1.97 bits per heavy atom. The topological polar surface area (TPSA) is 66.9 Å². The van der Waals surface area contributed by atoms with Gasteiger partial charge in [0.25, 0.3) is 11.1 Å². The second-order valence-electron chi connectivity index (χ2n) is 6.99. The zero-order valence-electron chi connectivity index (χ0n) is 16.3. The Balaban J connectivity index is 1.49. The van der Waals surface area contributed by atoms with E-state index in [1.807, 2.05) is 18.2 Å². The highest BCUT2D eigenvalue weighted by molar-refractivity contribution is 8.18. The van der Waals surface area contributed by atoms with Crippen LogP contribution in [0.3, 0.4) is 0 Å². The van der Waals surface area contributed by atoms with E-state index in [0.29, 0.717) is 29.4 Å². The van der Waals surface area contributed by atoms with Crippen molar-refractivity contribution in [1.82, 2.24) is 9.80 Å². The molecule has 0 spiro atoms. The van der Waals surface area contributed by atoms with Crippen LogP contribution >= 0.6 is 23.4 Å². The van der Waals surface area contributed by atoms with Gasteiger partial charge in [-0.2, -0.15) is 0 Å². The summed E-state index contributed by atoms with van der Waals surface area (Å²) in [6, 6.07) is 13.0. The van der Waals surface area contributed by atoms with Crippen molar-refractivity contribution in [2.24, 2.45) is 0 Å². The molecule has 2 aromatic rings. The fraction of sp³-hybridized carbons (Fsp3) is 0.227. The molecule has 0 unspecified atom stereocenters. The highest BCUT2D eigenvalue weighted by Crippen LogP contribution is 2.35. The number of carbonyl (C=O) groups excluding carboxylic acids is 3. The van der Waals surface area contributed by atoms with Crippen LogP contribution in [0.1, 0.15) is 16.7 Å². The summed E-state index contributed by atoms with van der Waals surface area (Å²) in [4.78, 5) is 40.9. The van der Waals surface area contributed by atoms with Crippen molar-refractivity contribution < 1.29 is 19.1 Å². The standard InChI is InChI=1S/C22H19ClN2O4S/c1-29-18-7-6-17(23)10-16(18)11-19-21(27)25(22(28)30-19)13-20(26)24-9-8-14-4-2-3-5-15(14)12-24/h2-7,10-11H,8-9,12-13H2,1H3. The van der Waals surface area contributed by atoms with Crippen molar-refractivity contribution >= 4 is 46.5 Å². The van der Waals surface area contributed by atoms with Gasteiger partial charge >= 0.3 is 0 Å². The fourth-order valence-corrected chi connectivity index (χ4v) is 4.55. The Kier molecular flexibility index (Phi) is 5.83. The summed E-state index contributed by atoms with van der Waals surface area (Å²) in [6.45, 7) is 0.791. The Hall–Kier alpha value is -2.77. The Labute approximate surface area is 183 Å². The summed E-state index contributed by atoms with van der Waals surface area (Å²) in [7, 11) is 1.52. The molecule has 6 nitrogen and oxygen atoms in total. The van der Waals surface area contributed by atoms with Gasteiger partial charge in [0.05, 0.1) is 12.0 Å². The predicted octanol–water partition coefficient (Wildman–Crippen LogP) is 3.97. The first-order valence-electron chi connectivity index (χ1n) is 9.39. The fourth-order valence-electron chi connectivity index (χ4n) is 3.54. The molecule has 8 heteroatoms. The molecular formula is C22H19ClN2O4S. The third kappa shape index (κ3) is 4.08. The minimum absolute atomic E-state index is 0.234. The normalized spacial score (nSPS) is 17.5. The van der Waals surface area contributed by atoms with Crippen molar-refractivity contribution in [3.8, 4) is 5.75 Å². The maximum atomic E-state index is 12.8. The molecule has 154 valence electrons. The van der Waals surface area contributed by atoms with Crippen molar-refractivity contribution in [2.75, 3.05) is 20.2 Å². The number of rotatable bonds is 4. The van der Waals surface area contributed by atoms with Crippen molar-refractivity contribution in [1.29, 1.82) is 0 Å². The molecule has 0 N–H and O–H groups in total. The maximum Gasteiger partial charge on any atom is 0.294 e. The Morgan fingerprint density at radius 3 is 2.73 bits per heavy atom. The van der Waals surface area contributed by atoms with Crippen molar-refractivity contribution in [3.63, 3.8) is 0 Å². The van der Waals surface area contributed by atoms with Gasteiger partial charge in [-0.15, -0.1) is 0 Å². The highest BCUT2D eigenvalue weighted by Gasteiger charge is 2.37. The second-order valence-corrected chi connectivity index (χ2v) is 8.42. The second kappa shape index (κ2) is 8.53. The molecular weight excluding hydrogens is 424 g/mol. The number of ether oxygens (including phenoxy) is 1. The van der Waals surface area contributed by atoms with Crippen LogP contribution in [0.5, 0.6) is 5.75 Å². The molecule has 2 aromatic carbocycles. The summed E-state index contributed by atoms with van der Waals surface area (Å²) in [5.74, 6) is -0.194. The number of methoxy groups -OCH3 is 1. The number of fused-ring (bicyclic) bond motifs is 1. The Bertz CT molecular complexity index is 1070. The quantitative estimate of drug-likeness (QED) is 0.670. The molecule has 2 aliphatic rings. The lowest BCUT2D eigenvalue weighted by Gasteiger charge is -2.29. The highest BCUT2D eigenvalue weighted by atomic mass is 35.5. The van der Waals surface area contributed by atoms with E-state index in [-0.39, 0.29) is 17.4 Å². The van der Waals surface area contributed by atoms with Crippen LogP contribution in [0.2, 0.25) is 5.02 Å². The first-order chi connectivity index (χ1) is 14.5. The lowest BCUT2D eigenvalue weighted by molar-refractivity contribution is -0.136. The largest absolute Gasteiger partial charge is 0.496 e. The van der Waals surface area contributed by atoms with E-state index in [2.05, 4.69) is 6.07 Å². The van der Waals surface area contributed by atoms with Gasteiger partial charge in [0, 0.05) is 23.7 Å². The molecule has 3 amide bonds. The van der Waals surface area contributed by atoms with E-state index < -0.39 is 11.1 Å². The summed E-state index contributed by atoms with van der Waals surface area (Å²) in [5.41, 5.74) is 2.92. The monoisotopic (exact) mass is 442 g/mol. The first kappa shape index (κ1) is 20.5. The number of carbonyl (C=O) groups is 3. The molecule has 0 radical (unpaired) electrons. The lowest BCUT2D eigenvalue weighted by atomic mass is 10.00. The lowest BCUT2D eigenvalue weighted by Crippen LogP contribution is -2.44. The van der Waals surface area contributed by atoms with Crippen LogP contribution in [-0.4, -0.2) is 47.1 Å². The third-order valence-corrected chi connectivity index (χ3v) is 6.27. The van der Waals surface area contributed by atoms with Crippen molar-refractivity contribution in [2.45, 2.75) is 13.0 Å². The number of hydrogen-bond acceptors (Lipinski definition) is 5. The van der Waals surface area contributed by atoms with E-state index in [4.69, 9.17) is 16.3 Å². The summed E-state index contributed by atoms with van der Waals surface area (Å²) in [5, 5.41) is 0.0276. The van der Waals surface area contributed by atoms with E-state index in [9.17, 15) is 14.4 Å². The molecule has 0 aliphatic carbocycles. The van der Waals surface area contributed by atoms with Crippen LogP contribution in [-0.2, 0) is 22.6 Å². The third-order valence-electron chi connectivity index (χ3n) is 5.13. The number of amides is 3. The van der Waals surface area contributed by atoms with Gasteiger partial charge in [0.15, 0.2) is 0 Å².